The lowest BCUT2D eigenvalue weighted by atomic mass is 9.90. The zero-order chi connectivity index (χ0) is 15.3. The van der Waals surface area contributed by atoms with E-state index in [1.165, 1.54) is 11.8 Å². The van der Waals surface area contributed by atoms with Gasteiger partial charge in [-0.2, -0.15) is 5.26 Å². The van der Waals surface area contributed by atoms with Crippen LogP contribution in [0.25, 0.3) is 0 Å². The van der Waals surface area contributed by atoms with Crippen molar-refractivity contribution in [2.24, 2.45) is 5.92 Å². The number of hydrogen-bond donors (Lipinski definition) is 2. The Morgan fingerprint density at radius 3 is 2.70 bits per heavy atom. The van der Waals surface area contributed by atoms with Crippen LogP contribution in [0.3, 0.4) is 0 Å². The van der Waals surface area contributed by atoms with Crippen molar-refractivity contribution in [2.75, 3.05) is 11.5 Å². The molecule has 0 aliphatic carbocycles. The van der Waals surface area contributed by atoms with Crippen LogP contribution in [0.15, 0.2) is 23.1 Å². The van der Waals surface area contributed by atoms with Crippen molar-refractivity contribution in [3.63, 3.8) is 0 Å². The first kappa shape index (κ1) is 16.4. The van der Waals surface area contributed by atoms with Crippen molar-refractivity contribution in [3.05, 3.63) is 23.8 Å². The normalized spacial score (nSPS) is 13.6. The maximum absolute atomic E-state index is 12.0. The van der Waals surface area contributed by atoms with Gasteiger partial charge in [0.2, 0.25) is 5.91 Å². The number of amides is 1. The molecule has 4 nitrogen and oxygen atoms in total. The Bertz CT molecular complexity index is 536. The number of nitriles is 1. The van der Waals surface area contributed by atoms with E-state index in [1.807, 2.05) is 39.0 Å². The molecule has 0 bridgehead atoms. The zero-order valence-electron chi connectivity index (χ0n) is 12.4. The molecule has 5 heteroatoms. The van der Waals surface area contributed by atoms with Gasteiger partial charge in [0, 0.05) is 10.6 Å². The minimum Gasteiger partial charge on any atom is -0.399 e. The number of carbonyl (C=O) groups excluding carboxylic acids is 1. The topological polar surface area (TPSA) is 78.9 Å². The van der Waals surface area contributed by atoms with Crippen molar-refractivity contribution in [3.8, 4) is 6.07 Å². The Hall–Kier alpha value is -1.67. The van der Waals surface area contributed by atoms with Gasteiger partial charge in [-0.25, -0.2) is 0 Å². The Kier molecular flexibility index (Phi) is 5.46. The maximum Gasteiger partial charge on any atom is 0.231 e. The van der Waals surface area contributed by atoms with Crippen molar-refractivity contribution in [1.29, 1.82) is 5.26 Å². The molecule has 0 saturated carbocycles. The summed E-state index contributed by atoms with van der Waals surface area (Å²) in [5.74, 6) is 0.207. The zero-order valence-corrected chi connectivity index (χ0v) is 13.2. The average Bonchev–Trinajstić information content (AvgIpc) is 2.37. The van der Waals surface area contributed by atoms with Gasteiger partial charge >= 0.3 is 0 Å². The summed E-state index contributed by atoms with van der Waals surface area (Å²) in [6, 6.07) is 7.78. The largest absolute Gasteiger partial charge is 0.399 e. The van der Waals surface area contributed by atoms with Crippen molar-refractivity contribution < 1.29 is 4.79 Å². The van der Waals surface area contributed by atoms with Crippen molar-refractivity contribution in [1.82, 2.24) is 5.32 Å². The second kappa shape index (κ2) is 6.67. The molecule has 1 amide bonds. The van der Waals surface area contributed by atoms with Crippen LogP contribution < -0.4 is 11.1 Å². The van der Waals surface area contributed by atoms with Crippen LogP contribution in [0.5, 0.6) is 0 Å². The Balaban J connectivity index is 2.62. The van der Waals surface area contributed by atoms with E-state index in [0.29, 0.717) is 5.69 Å². The predicted octanol–water partition coefficient (Wildman–Crippen LogP) is 2.72. The Labute approximate surface area is 124 Å². The van der Waals surface area contributed by atoms with Crippen LogP contribution in [0.4, 0.5) is 5.69 Å². The van der Waals surface area contributed by atoms with E-state index in [-0.39, 0.29) is 17.6 Å². The lowest BCUT2D eigenvalue weighted by Gasteiger charge is -2.27. The van der Waals surface area contributed by atoms with Crippen LogP contribution >= 0.6 is 11.8 Å². The van der Waals surface area contributed by atoms with Gasteiger partial charge in [-0.05, 0) is 43.5 Å². The highest BCUT2D eigenvalue weighted by Gasteiger charge is 2.29. The summed E-state index contributed by atoms with van der Waals surface area (Å²) in [6.07, 6.45) is 0. The smallest absolute Gasteiger partial charge is 0.231 e. The molecule has 1 aromatic rings. The van der Waals surface area contributed by atoms with Crippen LogP contribution in [-0.4, -0.2) is 17.2 Å². The molecule has 3 N–H and O–H groups in total. The molecule has 1 rings (SSSR count). The monoisotopic (exact) mass is 291 g/mol. The highest BCUT2D eigenvalue weighted by molar-refractivity contribution is 8.00. The lowest BCUT2D eigenvalue weighted by molar-refractivity contribution is -0.120. The number of nitrogen functional groups attached to an aromatic ring is 1. The van der Waals surface area contributed by atoms with Crippen molar-refractivity contribution >= 4 is 23.4 Å². The van der Waals surface area contributed by atoms with E-state index >= 15 is 0 Å². The quantitative estimate of drug-likeness (QED) is 0.646. The molecule has 0 fully saturated rings. The summed E-state index contributed by atoms with van der Waals surface area (Å²) in [4.78, 5) is 13.0. The third kappa shape index (κ3) is 4.17. The molecule has 0 radical (unpaired) electrons. The number of aryl methyl sites for hydroxylation is 1. The molecule has 108 valence electrons. The van der Waals surface area contributed by atoms with Crippen LogP contribution in [0, 0.1) is 24.2 Å². The van der Waals surface area contributed by atoms with Gasteiger partial charge in [-0.3, -0.25) is 4.79 Å². The fraction of sp³-hybridized carbons (Fsp3) is 0.467. The SMILES string of the molecule is Cc1cc(N)ccc1SCC(=O)NC(C)(C#N)C(C)C. The average molecular weight is 291 g/mol. The van der Waals surface area contributed by atoms with Gasteiger partial charge in [-0.15, -0.1) is 11.8 Å². The van der Waals surface area contributed by atoms with Crippen molar-refractivity contribution in [2.45, 2.75) is 38.1 Å². The van der Waals surface area contributed by atoms with Gasteiger partial charge in [0.15, 0.2) is 0 Å². The summed E-state index contributed by atoms with van der Waals surface area (Å²) in [7, 11) is 0. The molecular weight excluding hydrogens is 270 g/mol. The van der Waals surface area contributed by atoms with E-state index < -0.39 is 5.54 Å². The molecule has 1 unspecified atom stereocenters. The van der Waals surface area contributed by atoms with Crippen LogP contribution in [-0.2, 0) is 4.79 Å². The number of hydrogen-bond acceptors (Lipinski definition) is 4. The van der Waals surface area contributed by atoms with Crippen LogP contribution in [0.1, 0.15) is 26.3 Å². The van der Waals surface area contributed by atoms with E-state index in [0.717, 1.165) is 10.5 Å². The predicted molar refractivity (Wildman–Crippen MR) is 83.3 cm³/mol. The number of benzene rings is 1. The molecule has 0 aromatic heterocycles. The molecule has 0 aliphatic heterocycles. The fourth-order valence-corrected chi connectivity index (χ4v) is 2.41. The molecule has 1 atom stereocenters. The fourth-order valence-electron chi connectivity index (χ4n) is 1.60. The van der Waals surface area contributed by atoms with Gasteiger partial charge in [0.1, 0.15) is 5.54 Å². The number of carbonyl (C=O) groups is 1. The van der Waals surface area contributed by atoms with E-state index in [1.54, 1.807) is 6.92 Å². The Morgan fingerprint density at radius 2 is 2.20 bits per heavy atom. The minimum absolute atomic E-state index is 0.0553. The number of rotatable bonds is 5. The molecule has 0 aliphatic rings. The summed E-state index contributed by atoms with van der Waals surface area (Å²) >= 11 is 1.45. The molecule has 1 aromatic carbocycles. The lowest BCUT2D eigenvalue weighted by Crippen LogP contribution is -2.49. The number of nitrogens with one attached hydrogen (secondary N) is 1. The molecular formula is C15H21N3OS. The second-order valence-electron chi connectivity index (χ2n) is 5.33. The molecule has 0 saturated heterocycles. The van der Waals surface area contributed by atoms with Gasteiger partial charge in [0.05, 0.1) is 11.8 Å². The standard InChI is InChI=1S/C15H21N3OS/c1-10(2)15(4,9-16)18-14(19)8-20-13-6-5-12(17)7-11(13)3/h5-7,10H,8,17H2,1-4H3,(H,18,19). The molecule has 0 spiro atoms. The van der Waals surface area contributed by atoms with Gasteiger partial charge < -0.3 is 11.1 Å². The van der Waals surface area contributed by atoms with Gasteiger partial charge in [-0.1, -0.05) is 13.8 Å². The molecule has 0 heterocycles. The Morgan fingerprint density at radius 1 is 1.55 bits per heavy atom. The first-order chi connectivity index (χ1) is 9.28. The summed E-state index contributed by atoms with van der Waals surface area (Å²) in [6.45, 7) is 7.54. The van der Waals surface area contributed by atoms with E-state index in [2.05, 4.69) is 11.4 Å². The summed E-state index contributed by atoms with van der Waals surface area (Å²) < 4.78 is 0. The highest BCUT2D eigenvalue weighted by atomic mass is 32.2. The third-order valence-electron chi connectivity index (χ3n) is 3.34. The number of thioether (sulfide) groups is 1. The number of anilines is 1. The second-order valence-corrected chi connectivity index (χ2v) is 6.35. The maximum atomic E-state index is 12.0. The number of nitrogens with two attached hydrogens (primary N) is 1. The number of nitrogens with zero attached hydrogens (tertiary/aromatic N) is 1. The molecule has 20 heavy (non-hydrogen) atoms. The third-order valence-corrected chi connectivity index (χ3v) is 4.52. The van der Waals surface area contributed by atoms with E-state index in [4.69, 9.17) is 5.73 Å². The summed E-state index contributed by atoms with van der Waals surface area (Å²) in [5, 5.41) is 12.0. The first-order valence-corrected chi connectivity index (χ1v) is 7.48. The summed E-state index contributed by atoms with van der Waals surface area (Å²) in [5.41, 5.74) is 6.63. The minimum atomic E-state index is -0.826. The highest BCUT2D eigenvalue weighted by Crippen LogP contribution is 2.24. The first-order valence-electron chi connectivity index (χ1n) is 6.49. The van der Waals surface area contributed by atoms with E-state index in [9.17, 15) is 10.1 Å². The van der Waals surface area contributed by atoms with Crippen LogP contribution in [0.2, 0.25) is 0 Å². The van der Waals surface area contributed by atoms with Gasteiger partial charge in [0.25, 0.3) is 0 Å².